The summed E-state index contributed by atoms with van der Waals surface area (Å²) in [6.45, 7) is -0.514. The van der Waals surface area contributed by atoms with Crippen LogP contribution in [0.2, 0.25) is 0 Å². The molecule has 1 amide bonds. The Hall–Kier alpha value is -4.26. The highest BCUT2D eigenvalue weighted by atomic mass is 16.4. The smallest absolute Gasteiger partial charge is 0.323 e. The van der Waals surface area contributed by atoms with E-state index in [0.717, 1.165) is 16.0 Å². The summed E-state index contributed by atoms with van der Waals surface area (Å²) in [6.07, 6.45) is 10.1. The summed E-state index contributed by atoms with van der Waals surface area (Å²) in [7, 11) is 0. The summed E-state index contributed by atoms with van der Waals surface area (Å²) in [5.74, 6) is -1.57. The second kappa shape index (κ2) is 10.3. The number of rotatable bonds is 7. The van der Waals surface area contributed by atoms with Crippen LogP contribution in [0.15, 0.2) is 94.8 Å². The predicted molar refractivity (Wildman–Crippen MR) is 117 cm³/mol. The van der Waals surface area contributed by atoms with Gasteiger partial charge < -0.3 is 10.4 Å². The molecule has 7 heteroatoms. The highest BCUT2D eigenvalue weighted by Gasteiger charge is 2.33. The Kier molecular flexibility index (Phi) is 7.05. The van der Waals surface area contributed by atoms with Crippen molar-refractivity contribution in [3.8, 4) is 0 Å². The number of carboxylic acids is 1. The quantitative estimate of drug-likeness (QED) is 0.424. The van der Waals surface area contributed by atoms with Crippen molar-refractivity contribution in [1.82, 2.24) is 10.2 Å². The van der Waals surface area contributed by atoms with Crippen LogP contribution in [-0.4, -0.2) is 40.6 Å². The number of allylic oxidation sites excluding steroid dienone is 3. The van der Waals surface area contributed by atoms with E-state index in [-0.39, 0.29) is 11.7 Å². The van der Waals surface area contributed by atoms with Gasteiger partial charge in [-0.15, -0.1) is 5.10 Å². The van der Waals surface area contributed by atoms with Crippen LogP contribution < -0.4 is 5.32 Å². The largest absolute Gasteiger partial charge is 0.480 e. The lowest BCUT2D eigenvalue weighted by atomic mass is 10.2. The van der Waals surface area contributed by atoms with E-state index in [1.807, 2.05) is 72.8 Å². The third-order valence-electron chi connectivity index (χ3n) is 4.02. The predicted octanol–water partition coefficient (Wildman–Crippen LogP) is 3.16. The number of nitrogens with one attached hydrogen (secondary N) is 1. The maximum absolute atomic E-state index is 12.5. The van der Waals surface area contributed by atoms with Crippen molar-refractivity contribution in [3.05, 3.63) is 95.7 Å². The number of carboxylic acid groups (broad SMARTS) is 1. The Labute approximate surface area is 174 Å². The van der Waals surface area contributed by atoms with Gasteiger partial charge in [-0.1, -0.05) is 78.9 Å². The summed E-state index contributed by atoms with van der Waals surface area (Å²) in [5, 5.41) is 19.8. The Bertz CT molecular complexity index is 1040. The normalized spacial score (nSPS) is 17.1. The van der Waals surface area contributed by atoms with Crippen LogP contribution in [-0.2, 0) is 9.59 Å². The molecule has 1 heterocycles. The second-order valence-corrected chi connectivity index (χ2v) is 6.22. The first kappa shape index (κ1) is 20.5. The van der Waals surface area contributed by atoms with Crippen molar-refractivity contribution in [2.24, 2.45) is 10.2 Å². The van der Waals surface area contributed by atoms with Gasteiger partial charge in [0.1, 0.15) is 12.2 Å². The van der Waals surface area contributed by atoms with Crippen LogP contribution in [0, 0.1) is 0 Å². The lowest BCUT2D eigenvalue weighted by Gasteiger charge is -2.10. The van der Waals surface area contributed by atoms with Crippen LogP contribution in [0.3, 0.4) is 0 Å². The molecule has 7 nitrogen and oxygen atoms in total. The van der Waals surface area contributed by atoms with Crippen LogP contribution >= 0.6 is 0 Å². The number of aliphatic carboxylic acids is 1. The molecule has 0 aromatic heterocycles. The first-order valence-electron chi connectivity index (χ1n) is 9.20. The fourth-order valence-electron chi connectivity index (χ4n) is 2.62. The van der Waals surface area contributed by atoms with Crippen molar-refractivity contribution >= 4 is 36.2 Å². The number of nitrogens with zero attached hydrogens (tertiary/aromatic N) is 3. The number of hydrogen-bond acceptors (Lipinski definition) is 4. The summed E-state index contributed by atoms with van der Waals surface area (Å²) < 4.78 is 0. The average Bonchev–Trinajstić information content (AvgIpc) is 3.04. The van der Waals surface area contributed by atoms with Crippen LogP contribution in [0.4, 0.5) is 0 Å². The van der Waals surface area contributed by atoms with Crippen molar-refractivity contribution < 1.29 is 14.7 Å². The average molecular weight is 400 g/mol. The molecule has 2 aromatic carbocycles. The Balaban J connectivity index is 1.72. The molecule has 1 aliphatic rings. The van der Waals surface area contributed by atoms with E-state index in [1.165, 1.54) is 6.21 Å². The van der Waals surface area contributed by atoms with E-state index in [1.54, 1.807) is 18.2 Å². The minimum absolute atomic E-state index is 0.0612. The van der Waals surface area contributed by atoms with E-state index in [0.29, 0.717) is 0 Å². The summed E-state index contributed by atoms with van der Waals surface area (Å²) in [4.78, 5) is 24.7. The molecule has 0 unspecified atom stereocenters. The third-order valence-corrected chi connectivity index (χ3v) is 4.02. The molecule has 0 radical (unpaired) electrons. The topological polar surface area (TPSA) is 94.4 Å². The molecule has 1 fully saturated rings. The number of amides is 1. The van der Waals surface area contributed by atoms with Gasteiger partial charge in [-0.2, -0.15) is 5.10 Å². The number of carbonyl (C=O) groups excluding carboxylic acids is 1. The molecule has 0 aliphatic carbocycles. The van der Waals surface area contributed by atoms with E-state index < -0.39 is 18.4 Å². The molecular formula is C23H20N4O3. The Morgan fingerprint density at radius 3 is 2.17 bits per heavy atom. The van der Waals surface area contributed by atoms with Crippen molar-refractivity contribution in [3.63, 3.8) is 0 Å². The molecule has 3 rings (SSSR count). The lowest BCUT2D eigenvalue weighted by molar-refractivity contribution is -0.140. The molecule has 0 saturated carbocycles. The van der Waals surface area contributed by atoms with Gasteiger partial charge in [0.25, 0.3) is 5.91 Å². The van der Waals surface area contributed by atoms with Gasteiger partial charge in [0.05, 0.1) is 0 Å². The maximum atomic E-state index is 12.5. The first-order chi connectivity index (χ1) is 14.6. The molecule has 0 bridgehead atoms. The monoisotopic (exact) mass is 400 g/mol. The number of guanidine groups is 1. The van der Waals surface area contributed by atoms with E-state index in [2.05, 4.69) is 15.5 Å². The molecule has 1 saturated heterocycles. The molecule has 2 aromatic rings. The van der Waals surface area contributed by atoms with Gasteiger partial charge in [-0.25, -0.2) is 0 Å². The lowest BCUT2D eigenvalue weighted by Crippen LogP contribution is -2.36. The van der Waals surface area contributed by atoms with Gasteiger partial charge in [0, 0.05) is 6.21 Å². The molecule has 1 aliphatic heterocycles. The minimum atomic E-state index is -1.15. The number of carbonyl (C=O) groups is 2. The highest BCUT2D eigenvalue weighted by Crippen LogP contribution is 2.11. The zero-order chi connectivity index (χ0) is 21.2. The maximum Gasteiger partial charge on any atom is 0.323 e. The fraction of sp³-hybridized carbons (Fsp3) is 0.0435. The molecule has 150 valence electrons. The molecule has 0 spiro atoms. The number of hydrogen-bond donors (Lipinski definition) is 2. The van der Waals surface area contributed by atoms with Crippen molar-refractivity contribution in [1.29, 1.82) is 0 Å². The van der Waals surface area contributed by atoms with Gasteiger partial charge >= 0.3 is 5.97 Å². The van der Waals surface area contributed by atoms with E-state index >= 15 is 0 Å². The first-order valence-corrected chi connectivity index (χ1v) is 9.20. The SMILES string of the molecule is O=C(O)CN1C(=O)C(=CC=Cc2ccccc2)NC1=NN=CC=Cc1ccccc1. The summed E-state index contributed by atoms with van der Waals surface area (Å²) in [6, 6.07) is 19.3. The summed E-state index contributed by atoms with van der Waals surface area (Å²) in [5.41, 5.74) is 2.21. The van der Waals surface area contributed by atoms with Gasteiger partial charge in [0.2, 0.25) is 5.96 Å². The molecule has 30 heavy (non-hydrogen) atoms. The van der Waals surface area contributed by atoms with Gasteiger partial charge in [-0.3, -0.25) is 14.5 Å². The van der Waals surface area contributed by atoms with Crippen LogP contribution in [0.1, 0.15) is 11.1 Å². The Morgan fingerprint density at radius 2 is 1.57 bits per heavy atom. The third kappa shape index (κ3) is 5.87. The molecular weight excluding hydrogens is 380 g/mol. The fourth-order valence-corrected chi connectivity index (χ4v) is 2.62. The standard InChI is InChI=1S/C23H20N4O3/c28-21(29)17-27-22(30)20(15-7-13-18-9-3-1-4-10-18)25-23(27)26-24-16-8-14-19-11-5-2-6-12-19/h1-16H,17H2,(H,25,26)(H,28,29). The van der Waals surface area contributed by atoms with Crippen molar-refractivity contribution in [2.45, 2.75) is 0 Å². The van der Waals surface area contributed by atoms with E-state index in [9.17, 15) is 9.59 Å². The second-order valence-electron chi connectivity index (χ2n) is 6.22. The van der Waals surface area contributed by atoms with E-state index in [4.69, 9.17) is 5.11 Å². The van der Waals surface area contributed by atoms with Crippen LogP contribution in [0.25, 0.3) is 12.2 Å². The summed E-state index contributed by atoms with van der Waals surface area (Å²) >= 11 is 0. The van der Waals surface area contributed by atoms with Gasteiger partial charge in [-0.05, 0) is 23.3 Å². The molecule has 0 atom stereocenters. The Morgan fingerprint density at radius 1 is 0.967 bits per heavy atom. The zero-order valence-electron chi connectivity index (χ0n) is 16.1. The number of benzene rings is 2. The highest BCUT2D eigenvalue weighted by molar-refractivity contribution is 6.14. The van der Waals surface area contributed by atoms with Crippen molar-refractivity contribution in [2.75, 3.05) is 6.54 Å². The van der Waals surface area contributed by atoms with Crippen LogP contribution in [0.5, 0.6) is 0 Å². The molecule has 2 N–H and O–H groups in total. The zero-order valence-corrected chi connectivity index (χ0v) is 16.1. The van der Waals surface area contributed by atoms with Gasteiger partial charge in [0.15, 0.2) is 0 Å². The minimum Gasteiger partial charge on any atom is -0.480 e.